The molecule has 70 valence electrons. The van der Waals surface area contributed by atoms with Gasteiger partial charge in [-0.1, -0.05) is 13.5 Å². The number of amidine groups is 1. The van der Waals surface area contributed by atoms with Gasteiger partial charge in [0.15, 0.2) is 0 Å². The Morgan fingerprint density at radius 1 is 1.62 bits per heavy atom. The number of allylic oxidation sites excluding steroid dienone is 1. The molecule has 1 aliphatic rings. The third kappa shape index (κ3) is 2.05. The van der Waals surface area contributed by atoms with Gasteiger partial charge in [0, 0.05) is 12.6 Å². The van der Waals surface area contributed by atoms with Gasteiger partial charge in [-0.2, -0.15) is 0 Å². The highest BCUT2D eigenvalue weighted by Gasteiger charge is 2.12. The Bertz CT molecular complexity index is 308. The first-order chi connectivity index (χ1) is 6.19. The first-order valence-corrected chi connectivity index (χ1v) is 4.42. The van der Waals surface area contributed by atoms with Crippen LogP contribution in [0.15, 0.2) is 33.7 Å². The van der Waals surface area contributed by atoms with Crippen molar-refractivity contribution in [2.75, 3.05) is 0 Å². The molecule has 1 N–H and O–H groups in total. The summed E-state index contributed by atoms with van der Waals surface area (Å²) in [7, 11) is 0. The van der Waals surface area contributed by atoms with E-state index < -0.39 is 0 Å². The molecule has 0 aromatic heterocycles. The summed E-state index contributed by atoms with van der Waals surface area (Å²) < 4.78 is 0. The summed E-state index contributed by atoms with van der Waals surface area (Å²) in [5.41, 5.74) is 2.61. The summed E-state index contributed by atoms with van der Waals surface area (Å²) in [6.07, 6.45) is 2.64. The Morgan fingerprint density at radius 2 is 2.31 bits per heavy atom. The van der Waals surface area contributed by atoms with E-state index in [-0.39, 0.29) is 0 Å². The molecule has 1 aliphatic heterocycles. The van der Waals surface area contributed by atoms with E-state index in [1.165, 1.54) is 0 Å². The van der Waals surface area contributed by atoms with Crippen molar-refractivity contribution in [2.24, 2.45) is 9.98 Å². The van der Waals surface area contributed by atoms with E-state index in [1.54, 1.807) is 6.21 Å². The van der Waals surface area contributed by atoms with Crippen molar-refractivity contribution in [1.82, 2.24) is 5.32 Å². The molecule has 0 radical (unpaired) electrons. The maximum absolute atomic E-state index is 4.36. The molecule has 13 heavy (non-hydrogen) atoms. The second-order valence-electron chi connectivity index (χ2n) is 2.84. The quantitative estimate of drug-likeness (QED) is 0.645. The highest BCUT2D eigenvalue weighted by molar-refractivity contribution is 5.86. The fourth-order valence-corrected chi connectivity index (χ4v) is 1.20. The summed E-state index contributed by atoms with van der Waals surface area (Å²) in [6.45, 7) is 9.79. The van der Waals surface area contributed by atoms with Gasteiger partial charge in [0.05, 0.1) is 11.4 Å². The van der Waals surface area contributed by atoms with Crippen LogP contribution in [-0.2, 0) is 0 Å². The van der Waals surface area contributed by atoms with Crippen LogP contribution in [0.3, 0.4) is 0 Å². The number of nitrogens with zero attached hydrogens (tertiary/aromatic N) is 2. The normalized spacial score (nSPS) is 17.8. The predicted octanol–water partition coefficient (Wildman–Crippen LogP) is 2.23. The van der Waals surface area contributed by atoms with Crippen molar-refractivity contribution in [3.63, 3.8) is 0 Å². The lowest BCUT2D eigenvalue weighted by Gasteiger charge is -2.17. The maximum Gasteiger partial charge on any atom is 0.107 e. The Balaban J connectivity index is 3.04. The van der Waals surface area contributed by atoms with Crippen molar-refractivity contribution >= 4 is 12.1 Å². The lowest BCUT2D eigenvalue weighted by atomic mass is 10.2. The van der Waals surface area contributed by atoms with Gasteiger partial charge in [0.2, 0.25) is 0 Å². The molecule has 1 heterocycles. The Labute approximate surface area is 79.0 Å². The van der Waals surface area contributed by atoms with E-state index >= 15 is 0 Å². The first-order valence-electron chi connectivity index (χ1n) is 4.42. The van der Waals surface area contributed by atoms with Gasteiger partial charge in [-0.25, -0.2) is 4.99 Å². The van der Waals surface area contributed by atoms with Crippen LogP contribution in [0.1, 0.15) is 27.2 Å². The van der Waals surface area contributed by atoms with Crippen LogP contribution in [0.4, 0.5) is 0 Å². The molecule has 0 atom stereocenters. The largest absolute Gasteiger partial charge is 0.342 e. The third-order valence-corrected chi connectivity index (χ3v) is 1.82. The molecule has 0 aromatic rings. The molecule has 0 unspecified atom stereocenters. The number of aliphatic imine (C=N–C) groups is 2. The number of rotatable bonds is 2. The van der Waals surface area contributed by atoms with Gasteiger partial charge in [0.25, 0.3) is 0 Å². The van der Waals surface area contributed by atoms with Crippen molar-refractivity contribution in [1.29, 1.82) is 0 Å². The molecule has 0 aliphatic carbocycles. The molecular formula is C10H15N3. The number of hydrogen-bond donors (Lipinski definition) is 1. The molecule has 1 rings (SSSR count). The average Bonchev–Trinajstić information content (AvgIpc) is 2.11. The van der Waals surface area contributed by atoms with E-state index in [0.717, 1.165) is 29.3 Å². The first kappa shape index (κ1) is 9.71. The van der Waals surface area contributed by atoms with Gasteiger partial charge in [-0.15, -0.1) is 0 Å². The van der Waals surface area contributed by atoms with E-state index in [1.807, 2.05) is 13.8 Å². The van der Waals surface area contributed by atoms with Crippen molar-refractivity contribution in [3.8, 4) is 0 Å². The van der Waals surface area contributed by atoms with Crippen LogP contribution in [0.25, 0.3) is 0 Å². The minimum absolute atomic E-state index is 0.836. The zero-order valence-corrected chi connectivity index (χ0v) is 8.39. The fourth-order valence-electron chi connectivity index (χ4n) is 1.20. The molecule has 0 aromatic carbocycles. The number of nitrogens with one attached hydrogen (secondary N) is 1. The standard InChI is InChI=1S/C10H15N3/c1-5-9-12-7(3)10(11-6-2)8(4)13-9/h6H,3,5H2,1-2,4H3,(H,12,13)/b11-6-. The third-order valence-electron chi connectivity index (χ3n) is 1.82. The van der Waals surface area contributed by atoms with Crippen molar-refractivity contribution in [3.05, 3.63) is 23.7 Å². The van der Waals surface area contributed by atoms with Crippen molar-refractivity contribution in [2.45, 2.75) is 27.2 Å². The second kappa shape index (κ2) is 4.03. The Morgan fingerprint density at radius 3 is 2.77 bits per heavy atom. The smallest absolute Gasteiger partial charge is 0.107 e. The van der Waals surface area contributed by atoms with Gasteiger partial charge < -0.3 is 5.32 Å². The summed E-state index contributed by atoms with van der Waals surface area (Å²) >= 11 is 0. The molecule has 3 heteroatoms. The Hall–Kier alpha value is -1.38. The molecule has 0 bridgehead atoms. The maximum atomic E-state index is 4.36. The molecule has 0 saturated heterocycles. The second-order valence-corrected chi connectivity index (χ2v) is 2.84. The van der Waals surface area contributed by atoms with Gasteiger partial charge in [-0.05, 0) is 13.8 Å². The molecule has 3 nitrogen and oxygen atoms in total. The van der Waals surface area contributed by atoms with Crippen LogP contribution >= 0.6 is 0 Å². The minimum Gasteiger partial charge on any atom is -0.342 e. The zero-order chi connectivity index (χ0) is 9.84. The summed E-state index contributed by atoms with van der Waals surface area (Å²) in [5.74, 6) is 0.956. The topological polar surface area (TPSA) is 36.8 Å². The van der Waals surface area contributed by atoms with Gasteiger partial charge in [0.1, 0.15) is 11.5 Å². The monoisotopic (exact) mass is 177 g/mol. The molecule has 0 fully saturated rings. The predicted molar refractivity (Wildman–Crippen MR) is 56.9 cm³/mol. The number of hydrogen-bond acceptors (Lipinski definition) is 3. The van der Waals surface area contributed by atoms with E-state index in [4.69, 9.17) is 0 Å². The lowest BCUT2D eigenvalue weighted by molar-refractivity contribution is 0.978. The van der Waals surface area contributed by atoms with E-state index in [9.17, 15) is 0 Å². The van der Waals surface area contributed by atoms with Gasteiger partial charge in [-0.3, -0.25) is 4.99 Å². The highest BCUT2D eigenvalue weighted by atomic mass is 15.1. The minimum atomic E-state index is 0.836. The van der Waals surface area contributed by atoms with Crippen LogP contribution in [0.2, 0.25) is 0 Å². The van der Waals surface area contributed by atoms with Crippen LogP contribution in [0.5, 0.6) is 0 Å². The molecule has 0 amide bonds. The van der Waals surface area contributed by atoms with Gasteiger partial charge >= 0.3 is 0 Å². The molecular weight excluding hydrogens is 162 g/mol. The Kier molecular flexibility index (Phi) is 3.01. The molecule has 0 spiro atoms. The van der Waals surface area contributed by atoms with Crippen LogP contribution < -0.4 is 5.32 Å². The summed E-state index contributed by atoms with van der Waals surface area (Å²) in [6, 6.07) is 0. The van der Waals surface area contributed by atoms with Crippen LogP contribution in [0, 0.1) is 0 Å². The van der Waals surface area contributed by atoms with E-state index in [2.05, 4.69) is 28.8 Å². The SMILES string of the molecule is C=C1NC(CC)=NC(C)=C1/N=C\C. The average molecular weight is 177 g/mol. The molecule has 0 saturated carbocycles. The van der Waals surface area contributed by atoms with Crippen molar-refractivity contribution < 1.29 is 0 Å². The van der Waals surface area contributed by atoms with Crippen LogP contribution in [-0.4, -0.2) is 12.1 Å². The highest BCUT2D eigenvalue weighted by Crippen LogP contribution is 2.18. The zero-order valence-electron chi connectivity index (χ0n) is 8.39. The summed E-state index contributed by atoms with van der Waals surface area (Å²) in [4.78, 5) is 8.56. The lowest BCUT2D eigenvalue weighted by Crippen LogP contribution is -2.26. The van der Waals surface area contributed by atoms with E-state index in [0.29, 0.717) is 0 Å². The summed E-state index contributed by atoms with van der Waals surface area (Å²) in [5, 5.41) is 3.12. The fraction of sp³-hybridized carbons (Fsp3) is 0.400.